The van der Waals surface area contributed by atoms with Crippen LogP contribution in [0.15, 0.2) is 18.2 Å². The second-order valence-corrected chi connectivity index (χ2v) is 4.32. The van der Waals surface area contributed by atoms with Gasteiger partial charge in [-0.25, -0.2) is 0 Å². The number of para-hydroxylation sites is 1. The summed E-state index contributed by atoms with van der Waals surface area (Å²) < 4.78 is 16.7. The molecule has 2 N–H and O–H groups in total. The molecule has 1 heterocycles. The molecule has 94 valence electrons. The molecule has 1 saturated heterocycles. The zero-order valence-electron chi connectivity index (χ0n) is 10.3. The second kappa shape index (κ2) is 5.27. The molecule has 0 amide bonds. The SMILES string of the molecule is COc1c(N)cccc1OC1CCO[C@@H](C)C1. The first-order chi connectivity index (χ1) is 8.20. The van der Waals surface area contributed by atoms with E-state index in [0.717, 1.165) is 19.4 Å². The van der Waals surface area contributed by atoms with Crippen molar-refractivity contribution < 1.29 is 14.2 Å². The molecule has 4 nitrogen and oxygen atoms in total. The normalized spacial score (nSPS) is 24.4. The Kier molecular flexibility index (Phi) is 3.74. The quantitative estimate of drug-likeness (QED) is 0.819. The second-order valence-electron chi connectivity index (χ2n) is 4.32. The summed E-state index contributed by atoms with van der Waals surface area (Å²) in [4.78, 5) is 0. The molecule has 4 heteroatoms. The highest BCUT2D eigenvalue weighted by Crippen LogP contribution is 2.34. The van der Waals surface area contributed by atoms with Gasteiger partial charge in [-0.05, 0) is 19.1 Å². The van der Waals surface area contributed by atoms with E-state index in [1.54, 1.807) is 13.2 Å². The summed E-state index contributed by atoms with van der Waals surface area (Å²) in [6.07, 6.45) is 2.23. The molecule has 0 aliphatic carbocycles. The lowest BCUT2D eigenvalue weighted by molar-refractivity contribution is -0.0257. The molecule has 0 radical (unpaired) electrons. The predicted octanol–water partition coefficient (Wildman–Crippen LogP) is 2.22. The average molecular weight is 237 g/mol. The molecule has 17 heavy (non-hydrogen) atoms. The maximum Gasteiger partial charge on any atom is 0.183 e. The van der Waals surface area contributed by atoms with E-state index in [1.807, 2.05) is 12.1 Å². The van der Waals surface area contributed by atoms with Crippen LogP contribution in [0.5, 0.6) is 11.5 Å². The number of nitrogen functional groups attached to an aromatic ring is 1. The Bertz CT molecular complexity index is 381. The fourth-order valence-corrected chi connectivity index (χ4v) is 2.09. The maximum atomic E-state index is 5.94. The first kappa shape index (κ1) is 12.0. The van der Waals surface area contributed by atoms with Crippen molar-refractivity contribution in [1.82, 2.24) is 0 Å². The van der Waals surface area contributed by atoms with E-state index >= 15 is 0 Å². The summed E-state index contributed by atoms with van der Waals surface area (Å²) in [6.45, 7) is 2.81. The van der Waals surface area contributed by atoms with Crippen LogP contribution in [0.25, 0.3) is 0 Å². The topological polar surface area (TPSA) is 53.7 Å². The van der Waals surface area contributed by atoms with E-state index in [-0.39, 0.29) is 12.2 Å². The van der Waals surface area contributed by atoms with E-state index in [2.05, 4.69) is 6.92 Å². The van der Waals surface area contributed by atoms with Gasteiger partial charge in [0.15, 0.2) is 11.5 Å². The average Bonchev–Trinajstić information content (AvgIpc) is 2.29. The van der Waals surface area contributed by atoms with Gasteiger partial charge in [-0.1, -0.05) is 6.07 Å². The molecule has 1 aliphatic heterocycles. The lowest BCUT2D eigenvalue weighted by atomic mass is 10.1. The van der Waals surface area contributed by atoms with Crippen molar-refractivity contribution in [2.24, 2.45) is 0 Å². The van der Waals surface area contributed by atoms with Crippen LogP contribution in [0.1, 0.15) is 19.8 Å². The van der Waals surface area contributed by atoms with Gasteiger partial charge in [0.05, 0.1) is 25.5 Å². The van der Waals surface area contributed by atoms with Gasteiger partial charge >= 0.3 is 0 Å². The van der Waals surface area contributed by atoms with Gasteiger partial charge in [0.2, 0.25) is 0 Å². The minimum atomic E-state index is 0.175. The fraction of sp³-hybridized carbons (Fsp3) is 0.538. The van der Waals surface area contributed by atoms with Crippen LogP contribution < -0.4 is 15.2 Å². The number of anilines is 1. The van der Waals surface area contributed by atoms with Crippen LogP contribution >= 0.6 is 0 Å². The van der Waals surface area contributed by atoms with Crippen molar-refractivity contribution in [3.05, 3.63) is 18.2 Å². The Balaban J connectivity index is 2.10. The number of rotatable bonds is 3. The van der Waals surface area contributed by atoms with E-state index in [0.29, 0.717) is 17.2 Å². The molecule has 1 aromatic carbocycles. The molecule has 2 rings (SSSR count). The first-order valence-corrected chi connectivity index (χ1v) is 5.91. The largest absolute Gasteiger partial charge is 0.491 e. The van der Waals surface area contributed by atoms with Crippen LogP contribution in [-0.4, -0.2) is 25.9 Å². The van der Waals surface area contributed by atoms with Gasteiger partial charge < -0.3 is 19.9 Å². The van der Waals surface area contributed by atoms with Gasteiger partial charge in [0.1, 0.15) is 6.10 Å². The number of ether oxygens (including phenoxy) is 3. The minimum Gasteiger partial charge on any atom is -0.491 e. The summed E-state index contributed by atoms with van der Waals surface area (Å²) in [5, 5.41) is 0. The maximum absolute atomic E-state index is 5.94. The van der Waals surface area contributed by atoms with Crippen molar-refractivity contribution in [3.63, 3.8) is 0 Å². The minimum absolute atomic E-state index is 0.175. The Morgan fingerprint density at radius 3 is 2.94 bits per heavy atom. The zero-order chi connectivity index (χ0) is 12.3. The summed E-state index contributed by atoms with van der Waals surface area (Å²) in [6, 6.07) is 5.56. The zero-order valence-corrected chi connectivity index (χ0v) is 10.3. The molecule has 0 aromatic heterocycles. The lowest BCUT2D eigenvalue weighted by Crippen LogP contribution is -2.31. The molecule has 1 aromatic rings. The van der Waals surface area contributed by atoms with E-state index in [9.17, 15) is 0 Å². The highest BCUT2D eigenvalue weighted by Gasteiger charge is 2.22. The lowest BCUT2D eigenvalue weighted by Gasteiger charge is -2.28. The summed E-state index contributed by atoms with van der Waals surface area (Å²) >= 11 is 0. The molecular formula is C13H19NO3. The van der Waals surface area contributed by atoms with Crippen molar-refractivity contribution in [2.75, 3.05) is 19.5 Å². The molecule has 0 bridgehead atoms. The third-order valence-corrected chi connectivity index (χ3v) is 2.94. The van der Waals surface area contributed by atoms with Gasteiger partial charge in [-0.3, -0.25) is 0 Å². The predicted molar refractivity (Wildman–Crippen MR) is 66.5 cm³/mol. The van der Waals surface area contributed by atoms with Crippen LogP contribution in [0, 0.1) is 0 Å². The monoisotopic (exact) mass is 237 g/mol. The third-order valence-electron chi connectivity index (χ3n) is 2.94. The molecule has 0 saturated carbocycles. The van der Waals surface area contributed by atoms with Gasteiger partial charge in [0.25, 0.3) is 0 Å². The smallest absolute Gasteiger partial charge is 0.183 e. The molecular weight excluding hydrogens is 218 g/mol. The Morgan fingerprint density at radius 1 is 1.41 bits per heavy atom. The van der Waals surface area contributed by atoms with Crippen LogP contribution in [0.4, 0.5) is 5.69 Å². The standard InChI is InChI=1S/C13H19NO3/c1-9-8-10(6-7-16-9)17-12-5-3-4-11(14)13(12)15-2/h3-5,9-10H,6-8,14H2,1-2H3/t9-,10?/m0/s1. The van der Waals surface area contributed by atoms with Crippen LogP contribution in [-0.2, 0) is 4.74 Å². The molecule has 1 fully saturated rings. The number of nitrogens with two attached hydrogens (primary N) is 1. The molecule has 1 aliphatic rings. The van der Waals surface area contributed by atoms with Crippen molar-refractivity contribution in [1.29, 1.82) is 0 Å². The summed E-state index contributed by atoms with van der Waals surface area (Å²) in [5.74, 6) is 1.33. The Labute approximate surface area is 102 Å². The van der Waals surface area contributed by atoms with E-state index in [1.165, 1.54) is 0 Å². The number of hydrogen-bond acceptors (Lipinski definition) is 4. The Morgan fingerprint density at radius 2 is 2.24 bits per heavy atom. The third kappa shape index (κ3) is 2.82. The van der Waals surface area contributed by atoms with Gasteiger partial charge in [-0.2, -0.15) is 0 Å². The molecule has 2 atom stereocenters. The fourth-order valence-electron chi connectivity index (χ4n) is 2.09. The van der Waals surface area contributed by atoms with E-state index in [4.69, 9.17) is 19.9 Å². The number of methoxy groups -OCH3 is 1. The highest BCUT2D eigenvalue weighted by molar-refractivity contribution is 5.60. The van der Waals surface area contributed by atoms with Crippen molar-refractivity contribution >= 4 is 5.69 Å². The summed E-state index contributed by atoms with van der Waals surface area (Å²) in [5.41, 5.74) is 6.44. The van der Waals surface area contributed by atoms with Gasteiger partial charge in [0, 0.05) is 12.8 Å². The number of benzene rings is 1. The van der Waals surface area contributed by atoms with Crippen molar-refractivity contribution in [3.8, 4) is 11.5 Å². The van der Waals surface area contributed by atoms with E-state index < -0.39 is 0 Å². The van der Waals surface area contributed by atoms with Crippen molar-refractivity contribution in [2.45, 2.75) is 32.0 Å². The van der Waals surface area contributed by atoms with Crippen LogP contribution in [0.3, 0.4) is 0 Å². The van der Waals surface area contributed by atoms with Gasteiger partial charge in [-0.15, -0.1) is 0 Å². The first-order valence-electron chi connectivity index (χ1n) is 5.91. The highest BCUT2D eigenvalue weighted by atomic mass is 16.5. The molecule has 1 unspecified atom stereocenters. The molecule has 0 spiro atoms. The Hall–Kier alpha value is -1.42. The number of hydrogen-bond donors (Lipinski definition) is 1. The summed E-state index contributed by atoms with van der Waals surface area (Å²) in [7, 11) is 1.60. The van der Waals surface area contributed by atoms with Crippen LogP contribution in [0.2, 0.25) is 0 Å².